The fraction of sp³-hybridized carbons (Fsp3) is 0.396. The molecular weight excluding hydrogens is 1320 g/mol. The molecule has 0 bridgehead atoms. The Morgan fingerprint density at radius 1 is 0.956 bits per heavy atom. The fourth-order valence-corrected chi connectivity index (χ4v) is 12.3. The van der Waals surface area contributed by atoms with Crippen molar-refractivity contribution in [2.24, 2.45) is 5.92 Å². The number of nitrogens with zero attached hydrogens (tertiary/aromatic N) is 6. The number of hydrogen-bond acceptors (Lipinski definition) is 13. The van der Waals surface area contributed by atoms with Crippen LogP contribution in [0, 0.1) is 36.3 Å². The van der Waals surface area contributed by atoms with E-state index in [0.29, 0.717) is 10.7 Å². The van der Waals surface area contributed by atoms with E-state index in [-0.39, 0.29) is 48.9 Å². The SMILES string of the molecule is Cc1cc(C(=O)NCP(=O)(O)O)cc(OP(=O)(O)O)c1C(C)(C)CC(=O)N(Cc1nn(CC(F)(F)F)c2c(-c3ccc(C#CC(C)(C)S(C)(=O)=O)nc3[C@H](Cc3cc(F)cc(F)c3)NC(=O)Cn3nc(C(F)(F)F)c4c3C(F)(F)[C@@H]3C[C@H]43)ccc(Cl)c12)S(=O)[O-]. The second kappa shape index (κ2) is 24.4. The summed E-state index contributed by atoms with van der Waals surface area (Å²) in [6, 6.07) is 6.38. The number of rotatable bonds is 20. The van der Waals surface area contributed by atoms with Crippen molar-refractivity contribution in [1.82, 2.24) is 39.5 Å². The Hall–Kier alpha value is -6.79. The summed E-state index contributed by atoms with van der Waals surface area (Å²) >= 11 is 3.09. The zero-order valence-electron chi connectivity index (χ0n) is 47.3. The number of carbonyl (C=O) groups excluding carboxylic acids is 3. The number of aryl methyl sites for hydroxylation is 1. The molecule has 3 heterocycles. The third-order valence-corrected chi connectivity index (χ3v) is 18.6. The summed E-state index contributed by atoms with van der Waals surface area (Å²) in [5.41, 5.74) is -9.37. The predicted octanol–water partition coefficient (Wildman–Crippen LogP) is 8.43. The van der Waals surface area contributed by atoms with E-state index in [1.54, 1.807) is 0 Å². The third kappa shape index (κ3) is 15.2. The highest BCUT2D eigenvalue weighted by Gasteiger charge is 2.68. The lowest BCUT2D eigenvalue weighted by Crippen LogP contribution is -2.37. The van der Waals surface area contributed by atoms with Gasteiger partial charge in [0.2, 0.25) is 11.8 Å². The molecule has 37 heteroatoms. The van der Waals surface area contributed by atoms with E-state index in [4.69, 9.17) is 16.1 Å². The summed E-state index contributed by atoms with van der Waals surface area (Å²) in [7, 11) is -14.3. The molecule has 2 aliphatic rings. The second-order valence-electron chi connectivity index (χ2n) is 22.4. The molecule has 3 aromatic heterocycles. The smallest absolute Gasteiger partial charge is 0.524 e. The van der Waals surface area contributed by atoms with Crippen molar-refractivity contribution >= 4 is 76.7 Å². The summed E-state index contributed by atoms with van der Waals surface area (Å²) in [6.07, 6.45) is -12.8. The molecule has 1 unspecified atom stereocenters. The van der Waals surface area contributed by atoms with Gasteiger partial charge in [0.05, 0.1) is 45.8 Å². The van der Waals surface area contributed by atoms with Gasteiger partial charge in [0, 0.05) is 63.3 Å². The van der Waals surface area contributed by atoms with Crippen molar-refractivity contribution in [2.75, 3.05) is 12.5 Å². The number of phosphoric acid groups is 1. The molecule has 2 aliphatic carbocycles. The van der Waals surface area contributed by atoms with E-state index in [1.165, 1.54) is 34.6 Å². The van der Waals surface area contributed by atoms with Crippen molar-refractivity contribution in [3.05, 3.63) is 128 Å². The number of halogens is 11. The van der Waals surface area contributed by atoms with Gasteiger partial charge >= 0.3 is 27.8 Å². The van der Waals surface area contributed by atoms with Gasteiger partial charge in [-0.05, 0) is 99.0 Å². The van der Waals surface area contributed by atoms with Gasteiger partial charge in [-0.2, -0.15) is 45.3 Å². The average molecular weight is 1370 g/mol. The van der Waals surface area contributed by atoms with Crippen LogP contribution in [0.3, 0.4) is 0 Å². The Labute approximate surface area is 511 Å². The van der Waals surface area contributed by atoms with Crippen molar-refractivity contribution in [3.8, 4) is 28.7 Å². The van der Waals surface area contributed by atoms with Gasteiger partial charge in [0.1, 0.15) is 52.9 Å². The van der Waals surface area contributed by atoms with E-state index in [9.17, 15) is 95.4 Å². The molecule has 486 valence electrons. The Balaban J connectivity index is 1.27. The highest BCUT2D eigenvalue weighted by atomic mass is 35.5. The molecule has 0 radical (unpaired) electrons. The van der Waals surface area contributed by atoms with Crippen LogP contribution >= 0.6 is 27.0 Å². The molecule has 22 nitrogen and oxygen atoms in total. The van der Waals surface area contributed by atoms with Crippen molar-refractivity contribution in [1.29, 1.82) is 0 Å². The number of pyridine rings is 1. The van der Waals surface area contributed by atoms with Crippen LogP contribution in [0.1, 0.15) is 114 Å². The van der Waals surface area contributed by atoms with Crippen molar-refractivity contribution < 1.29 is 109 Å². The molecule has 8 rings (SSSR count). The minimum absolute atomic E-state index is 0.0518. The number of amides is 3. The molecule has 0 aliphatic heterocycles. The van der Waals surface area contributed by atoms with Crippen molar-refractivity contribution in [3.63, 3.8) is 0 Å². The van der Waals surface area contributed by atoms with Gasteiger partial charge in [-0.3, -0.25) is 46.6 Å². The lowest BCUT2D eigenvalue weighted by Gasteiger charge is -2.32. The molecule has 1 saturated carbocycles. The van der Waals surface area contributed by atoms with Crippen molar-refractivity contribution in [2.45, 2.75) is 114 Å². The quantitative estimate of drug-likeness (QED) is 0.0181. The van der Waals surface area contributed by atoms with Crippen LogP contribution in [0.2, 0.25) is 5.02 Å². The van der Waals surface area contributed by atoms with Crippen LogP contribution in [-0.2, 0) is 83.4 Å². The molecule has 3 amide bonds. The topological polar surface area (TPSA) is 326 Å². The van der Waals surface area contributed by atoms with E-state index in [1.807, 2.05) is 5.32 Å². The Morgan fingerprint density at radius 2 is 1.59 bits per heavy atom. The molecule has 4 atom stereocenters. The van der Waals surface area contributed by atoms with Gasteiger partial charge in [-0.1, -0.05) is 37.4 Å². The zero-order chi connectivity index (χ0) is 67.1. The molecule has 6 aromatic rings. The summed E-state index contributed by atoms with van der Waals surface area (Å²) < 4.78 is 228. The monoisotopic (exact) mass is 1370 g/mol. The first kappa shape index (κ1) is 69.1. The number of carbonyl (C=O) groups is 3. The first-order valence-electron chi connectivity index (χ1n) is 26.1. The van der Waals surface area contributed by atoms with Crippen LogP contribution in [0.25, 0.3) is 22.0 Å². The van der Waals surface area contributed by atoms with Crippen LogP contribution in [-0.4, -0.2) is 107 Å². The van der Waals surface area contributed by atoms with E-state index >= 15 is 8.78 Å². The number of alkyl halides is 8. The predicted molar refractivity (Wildman–Crippen MR) is 298 cm³/mol. The van der Waals surface area contributed by atoms with E-state index < -0.39 is 207 Å². The zero-order valence-corrected chi connectivity index (χ0v) is 51.5. The highest BCUT2D eigenvalue weighted by Crippen LogP contribution is 2.68. The van der Waals surface area contributed by atoms with Gasteiger partial charge < -0.3 is 29.5 Å². The maximum absolute atomic E-state index is 15.7. The maximum Gasteiger partial charge on any atom is 0.524 e. The number of aromatic nitrogens is 5. The van der Waals surface area contributed by atoms with Gasteiger partial charge in [0.15, 0.2) is 15.5 Å². The number of benzene rings is 3. The lowest BCUT2D eigenvalue weighted by molar-refractivity contribution is -0.143. The number of fused-ring (bicyclic) bond motifs is 4. The first-order chi connectivity index (χ1) is 41.2. The van der Waals surface area contributed by atoms with Crippen LogP contribution in [0.15, 0.2) is 54.6 Å². The standard InChI is InChI=1S/C53H51ClF10N8O14P2S2/c1-25-13-27(48(75)65-24-87(76,77)78)17-38(86-88(79,80)81)43(25)49(2,3)20-40(74)72(89(82)83)21-37-42-35(54)10-9-32(45(42)71(68-37)23-51(57,58)59)31-8-7-30(11-12-50(4,5)90(6,84)85)66-44(31)36(16-26-14-28(55)18-29(56)15-26)67-39(73)22-70-47-41(46(69-70)53(62,63)64)33-19-34(33)52(47,60)61/h7-10,13-15,17-18,33-34,36H,16,19-24H2,1-6H3,(H,65,75)(H,67,73)(H,82,83)(H2,76,77,78)(H2,79,80,81)/p-1/t33-,34+,36-/m0/s1. The Kier molecular flexibility index (Phi) is 18.7. The number of sulfone groups is 1. The fourth-order valence-electron chi connectivity index (χ4n) is 10.6. The highest BCUT2D eigenvalue weighted by molar-refractivity contribution is 7.92. The Morgan fingerprint density at radius 3 is 2.17 bits per heavy atom. The lowest BCUT2D eigenvalue weighted by atomic mass is 9.78. The molecule has 6 N–H and O–H groups in total. The molecular formula is C53H50ClF10N8O14P2S2-. The molecule has 90 heavy (non-hydrogen) atoms. The van der Waals surface area contributed by atoms with Crippen LogP contribution in [0.4, 0.5) is 43.9 Å². The largest absolute Gasteiger partial charge is 0.755 e. The minimum Gasteiger partial charge on any atom is -0.755 e. The molecule has 0 spiro atoms. The van der Waals surface area contributed by atoms with Crippen LogP contribution < -0.4 is 15.2 Å². The summed E-state index contributed by atoms with van der Waals surface area (Å²) in [5, 5.41) is 10.8. The number of hydrogen-bond donors (Lipinski definition) is 6. The summed E-state index contributed by atoms with van der Waals surface area (Å²) in [4.78, 5) is 84.4. The normalized spacial score (nSPS) is 16.6. The molecule has 1 fully saturated rings. The first-order valence-corrected chi connectivity index (χ1v) is 32.7. The van der Waals surface area contributed by atoms with Crippen LogP contribution in [0.5, 0.6) is 5.75 Å². The molecule has 0 saturated heterocycles. The molecule has 3 aromatic carbocycles. The minimum atomic E-state index is -5.54. The second-order valence-corrected chi connectivity index (χ2v) is 29.1. The third-order valence-electron chi connectivity index (χ3n) is 14.6. The van der Waals surface area contributed by atoms with Gasteiger partial charge in [-0.15, -0.1) is 0 Å². The van der Waals surface area contributed by atoms with Gasteiger partial charge in [-0.25, -0.2) is 26.7 Å². The average Bonchev–Trinajstić information content (AvgIpc) is 1.52. The summed E-state index contributed by atoms with van der Waals surface area (Å²) in [5.74, 6) is -8.65. The Bertz CT molecular complexity index is 4240. The number of phosphoric ester groups is 1. The number of nitrogens with one attached hydrogen (secondary N) is 2. The van der Waals surface area contributed by atoms with E-state index in [0.717, 1.165) is 54.8 Å². The van der Waals surface area contributed by atoms with E-state index in [2.05, 4.69) is 32.3 Å². The maximum atomic E-state index is 15.7. The summed E-state index contributed by atoms with van der Waals surface area (Å²) in [6.45, 7) is 1.61. The van der Waals surface area contributed by atoms with Gasteiger partial charge in [0.25, 0.3) is 11.8 Å².